The van der Waals surface area contributed by atoms with Gasteiger partial charge < -0.3 is 10.4 Å². The second-order valence-corrected chi connectivity index (χ2v) is 8.81. The second kappa shape index (κ2) is 7.11. The van der Waals surface area contributed by atoms with E-state index in [0.717, 1.165) is 5.69 Å². The number of phenols is 1. The summed E-state index contributed by atoms with van der Waals surface area (Å²) in [5.41, 5.74) is 1.04. The zero-order chi connectivity index (χ0) is 21.6. The largest absolute Gasteiger partial charge is 0.504 e. The van der Waals surface area contributed by atoms with Crippen LogP contribution in [0.25, 0.3) is 0 Å². The summed E-state index contributed by atoms with van der Waals surface area (Å²) in [4.78, 5) is 10.3. The highest BCUT2D eigenvalue weighted by atomic mass is 32.2. The molecule has 1 heterocycles. The van der Waals surface area contributed by atoms with E-state index in [2.05, 4.69) is 10.4 Å². The zero-order valence-electron chi connectivity index (χ0n) is 14.8. The number of hydrogen-bond acceptors (Lipinski definition) is 8. The van der Waals surface area contributed by atoms with Crippen LogP contribution in [0, 0.1) is 0 Å². The van der Waals surface area contributed by atoms with Crippen LogP contribution in [0.5, 0.6) is 5.75 Å². The molecule has 13 heteroatoms. The van der Waals surface area contributed by atoms with E-state index in [0.29, 0.717) is 22.7 Å². The fraction of sp³-hybridized carbons (Fsp3) is 0.125. The summed E-state index contributed by atoms with van der Waals surface area (Å²) in [7, 11) is -8.28. The monoisotopic (exact) mass is 441 g/mol. The first-order chi connectivity index (χ1) is 13.4. The molecule has 1 aliphatic rings. The van der Waals surface area contributed by atoms with Crippen molar-refractivity contribution in [3.05, 3.63) is 42.0 Å². The van der Waals surface area contributed by atoms with Crippen molar-refractivity contribution in [1.82, 2.24) is 0 Å². The number of nitrogens with one attached hydrogen (secondary N) is 1. The van der Waals surface area contributed by atoms with Gasteiger partial charge in [-0.25, -0.2) is 0 Å². The summed E-state index contributed by atoms with van der Waals surface area (Å²) in [5, 5.41) is 17.8. The van der Waals surface area contributed by atoms with E-state index in [1.807, 2.05) is 0 Å². The molecule has 154 valence electrons. The fourth-order valence-corrected chi connectivity index (χ4v) is 3.91. The lowest BCUT2D eigenvalue weighted by atomic mass is 10.1. The number of carbonyl (C=O) groups is 1. The standard InChI is InChI=1S/C16H15N3O8S2/c1-17-10-4-2-9(3-5-10)12-8-15(20)19(18-12)13-6-11(28(22,23)24)7-14(16(13)21)29(25,26)27/h2-7,17,21H,8H2,1H3,(H,22,23,24)(H,25,26,27). The number of phenolic OH excluding ortho intramolecular Hbond substituents is 1. The van der Waals surface area contributed by atoms with E-state index in [1.165, 1.54) is 0 Å². The molecule has 29 heavy (non-hydrogen) atoms. The van der Waals surface area contributed by atoms with Gasteiger partial charge in [-0.15, -0.1) is 0 Å². The maximum absolute atomic E-state index is 12.4. The Labute approximate surface area is 165 Å². The van der Waals surface area contributed by atoms with Crippen LogP contribution in [-0.4, -0.2) is 49.7 Å². The summed E-state index contributed by atoms with van der Waals surface area (Å²) >= 11 is 0. The molecule has 0 aliphatic carbocycles. The third-order valence-electron chi connectivity index (χ3n) is 4.11. The Morgan fingerprint density at radius 3 is 2.17 bits per heavy atom. The molecule has 0 aromatic heterocycles. The van der Waals surface area contributed by atoms with Crippen LogP contribution in [0.3, 0.4) is 0 Å². The number of aromatic hydroxyl groups is 1. The highest BCUT2D eigenvalue weighted by Gasteiger charge is 2.32. The summed E-state index contributed by atoms with van der Waals surface area (Å²) in [5.74, 6) is -1.79. The van der Waals surface area contributed by atoms with Crippen molar-refractivity contribution in [1.29, 1.82) is 0 Å². The molecule has 2 aromatic carbocycles. The topological polar surface area (TPSA) is 174 Å². The molecule has 3 rings (SSSR count). The minimum absolute atomic E-state index is 0.213. The van der Waals surface area contributed by atoms with E-state index in [4.69, 9.17) is 0 Å². The van der Waals surface area contributed by atoms with Gasteiger partial charge in [-0.05, 0) is 29.8 Å². The summed E-state index contributed by atoms with van der Waals surface area (Å²) in [6, 6.07) is 7.87. The number of hydrogen-bond donors (Lipinski definition) is 4. The number of nitrogens with zero attached hydrogens (tertiary/aromatic N) is 2. The molecular formula is C16H15N3O8S2. The van der Waals surface area contributed by atoms with Crippen molar-refractivity contribution in [3.63, 3.8) is 0 Å². The van der Waals surface area contributed by atoms with Gasteiger partial charge in [0, 0.05) is 12.7 Å². The van der Waals surface area contributed by atoms with Crippen LogP contribution >= 0.6 is 0 Å². The van der Waals surface area contributed by atoms with Crippen molar-refractivity contribution in [2.45, 2.75) is 16.2 Å². The Morgan fingerprint density at radius 1 is 1.03 bits per heavy atom. The fourth-order valence-electron chi connectivity index (χ4n) is 2.68. The molecule has 0 fully saturated rings. The predicted octanol–water partition coefficient (Wildman–Crippen LogP) is 1.07. The Kier molecular flexibility index (Phi) is 5.08. The lowest BCUT2D eigenvalue weighted by molar-refractivity contribution is -0.116. The normalized spacial score (nSPS) is 14.8. The maximum atomic E-state index is 12.4. The van der Waals surface area contributed by atoms with Crippen molar-refractivity contribution in [2.24, 2.45) is 5.10 Å². The van der Waals surface area contributed by atoms with Crippen LogP contribution in [0.15, 0.2) is 51.3 Å². The van der Waals surface area contributed by atoms with Gasteiger partial charge in [0.25, 0.3) is 26.1 Å². The first kappa shape index (κ1) is 20.7. The average Bonchev–Trinajstić information content (AvgIpc) is 3.01. The molecule has 0 saturated heterocycles. The van der Waals surface area contributed by atoms with E-state index in [1.54, 1.807) is 31.3 Å². The Balaban J connectivity index is 2.16. The van der Waals surface area contributed by atoms with Crippen molar-refractivity contribution < 1.29 is 35.8 Å². The number of rotatable bonds is 5. The maximum Gasteiger partial charge on any atom is 0.298 e. The van der Waals surface area contributed by atoms with E-state index < -0.39 is 47.4 Å². The van der Waals surface area contributed by atoms with Crippen LogP contribution in [0.4, 0.5) is 11.4 Å². The molecular weight excluding hydrogens is 426 g/mol. The van der Waals surface area contributed by atoms with Gasteiger partial charge in [0.05, 0.1) is 17.0 Å². The molecule has 0 saturated carbocycles. The lowest BCUT2D eigenvalue weighted by Gasteiger charge is -2.16. The van der Waals surface area contributed by atoms with Gasteiger partial charge in [0.15, 0.2) is 5.75 Å². The molecule has 0 spiro atoms. The molecule has 2 aromatic rings. The molecule has 0 unspecified atom stereocenters. The third kappa shape index (κ3) is 4.07. The molecule has 0 radical (unpaired) electrons. The van der Waals surface area contributed by atoms with Crippen molar-refractivity contribution in [2.75, 3.05) is 17.4 Å². The molecule has 0 bridgehead atoms. The van der Waals surface area contributed by atoms with E-state index in [9.17, 15) is 35.8 Å². The minimum atomic E-state index is -5.08. The predicted molar refractivity (Wildman–Crippen MR) is 102 cm³/mol. The molecule has 0 atom stereocenters. The SMILES string of the molecule is CNc1ccc(C2=NN(c3cc(S(=O)(=O)O)cc(S(=O)(=O)O)c3O)C(=O)C2)cc1. The highest BCUT2D eigenvalue weighted by molar-refractivity contribution is 7.86. The highest BCUT2D eigenvalue weighted by Crippen LogP contribution is 2.38. The van der Waals surface area contributed by atoms with Crippen molar-refractivity contribution >= 4 is 43.2 Å². The van der Waals surface area contributed by atoms with Gasteiger partial charge in [-0.2, -0.15) is 26.9 Å². The Hall–Kier alpha value is -3.00. The zero-order valence-corrected chi connectivity index (χ0v) is 16.4. The van der Waals surface area contributed by atoms with Crippen LogP contribution in [0.1, 0.15) is 12.0 Å². The summed E-state index contributed by atoms with van der Waals surface area (Å²) in [6.45, 7) is 0. The van der Waals surface area contributed by atoms with Gasteiger partial charge in [-0.1, -0.05) is 12.1 Å². The summed E-state index contributed by atoms with van der Waals surface area (Å²) < 4.78 is 64.5. The van der Waals surface area contributed by atoms with E-state index >= 15 is 0 Å². The van der Waals surface area contributed by atoms with E-state index in [-0.39, 0.29) is 12.1 Å². The number of anilines is 2. The van der Waals surface area contributed by atoms with Crippen LogP contribution in [0.2, 0.25) is 0 Å². The Bertz CT molecular complexity index is 1240. The van der Waals surface area contributed by atoms with Gasteiger partial charge in [0.1, 0.15) is 10.6 Å². The average molecular weight is 441 g/mol. The first-order valence-electron chi connectivity index (χ1n) is 7.92. The van der Waals surface area contributed by atoms with Crippen LogP contribution < -0.4 is 10.3 Å². The van der Waals surface area contributed by atoms with Gasteiger partial charge >= 0.3 is 0 Å². The number of amides is 1. The molecule has 11 nitrogen and oxygen atoms in total. The number of benzene rings is 2. The molecule has 1 aliphatic heterocycles. The van der Waals surface area contributed by atoms with Crippen molar-refractivity contribution in [3.8, 4) is 5.75 Å². The van der Waals surface area contributed by atoms with Gasteiger partial charge in [0.2, 0.25) is 0 Å². The van der Waals surface area contributed by atoms with Crippen LogP contribution in [-0.2, 0) is 25.0 Å². The lowest BCUT2D eigenvalue weighted by Crippen LogP contribution is -2.21. The Morgan fingerprint density at radius 2 is 1.66 bits per heavy atom. The molecule has 4 N–H and O–H groups in total. The third-order valence-corrected chi connectivity index (χ3v) is 5.81. The number of carbonyl (C=O) groups excluding carboxylic acids is 1. The quantitative estimate of drug-likeness (QED) is 0.495. The smallest absolute Gasteiger partial charge is 0.298 e. The minimum Gasteiger partial charge on any atom is -0.504 e. The number of hydrazone groups is 1. The second-order valence-electron chi connectivity index (χ2n) is 6.00. The molecule has 1 amide bonds. The van der Waals surface area contributed by atoms with Gasteiger partial charge in [-0.3, -0.25) is 13.9 Å². The summed E-state index contributed by atoms with van der Waals surface area (Å²) in [6.07, 6.45) is -0.213. The first-order valence-corrected chi connectivity index (χ1v) is 10.8.